The zero-order valence-electron chi connectivity index (χ0n) is 12.7. The lowest BCUT2D eigenvalue weighted by Gasteiger charge is -2.29. The number of hydrogen-bond acceptors (Lipinski definition) is 3. The highest BCUT2D eigenvalue weighted by Crippen LogP contribution is 2.28. The zero-order valence-corrected chi connectivity index (χ0v) is 13.5. The van der Waals surface area contributed by atoms with Crippen molar-refractivity contribution in [1.29, 1.82) is 5.26 Å². The van der Waals surface area contributed by atoms with E-state index in [1.807, 2.05) is 13.0 Å². The molecule has 1 aliphatic heterocycles. The lowest BCUT2D eigenvalue weighted by Crippen LogP contribution is -2.39. The molecule has 21 heavy (non-hydrogen) atoms. The maximum atomic E-state index is 13.0. The molecule has 1 aliphatic rings. The summed E-state index contributed by atoms with van der Waals surface area (Å²) in [7, 11) is -3.53. The van der Waals surface area contributed by atoms with Gasteiger partial charge in [0, 0.05) is 12.6 Å². The third kappa shape index (κ3) is 3.28. The first-order chi connectivity index (χ1) is 10.0. The van der Waals surface area contributed by atoms with Gasteiger partial charge in [-0.15, -0.1) is 0 Å². The van der Waals surface area contributed by atoms with E-state index < -0.39 is 10.0 Å². The second-order valence-corrected chi connectivity index (χ2v) is 7.48. The summed E-state index contributed by atoms with van der Waals surface area (Å²) in [6.45, 7) is 4.40. The number of benzene rings is 1. The lowest BCUT2D eigenvalue weighted by atomic mass is 10.1. The van der Waals surface area contributed by atoms with Crippen molar-refractivity contribution in [3.8, 4) is 6.07 Å². The molecular weight excluding hydrogens is 284 g/mol. The van der Waals surface area contributed by atoms with E-state index in [-0.39, 0.29) is 10.9 Å². The fraction of sp³-hybridized carbons (Fsp3) is 0.562. The third-order valence-corrected chi connectivity index (χ3v) is 6.29. The summed E-state index contributed by atoms with van der Waals surface area (Å²) in [5, 5.41) is 9.01. The molecule has 1 aromatic rings. The minimum Gasteiger partial charge on any atom is -0.207 e. The molecule has 4 nitrogen and oxygen atoms in total. The van der Waals surface area contributed by atoms with E-state index in [9.17, 15) is 8.42 Å². The summed E-state index contributed by atoms with van der Waals surface area (Å²) >= 11 is 0. The molecule has 0 saturated carbocycles. The third-order valence-electron chi connectivity index (χ3n) is 4.20. The van der Waals surface area contributed by atoms with Crippen LogP contribution in [-0.2, 0) is 10.0 Å². The van der Waals surface area contributed by atoms with Gasteiger partial charge in [-0.1, -0.05) is 25.8 Å². The molecular formula is C16H22N2O2S. The number of rotatable bonds is 3. The molecule has 0 radical (unpaired) electrons. The Hall–Kier alpha value is -1.38. The van der Waals surface area contributed by atoms with Crippen molar-refractivity contribution in [3.63, 3.8) is 0 Å². The smallest absolute Gasteiger partial charge is 0.207 e. The summed E-state index contributed by atoms with van der Waals surface area (Å²) in [6, 6.07) is 6.97. The summed E-state index contributed by atoms with van der Waals surface area (Å²) in [4.78, 5) is 0.280. The number of hydrogen-bond donors (Lipinski definition) is 0. The van der Waals surface area contributed by atoms with Crippen LogP contribution in [-0.4, -0.2) is 25.3 Å². The van der Waals surface area contributed by atoms with Crippen molar-refractivity contribution in [3.05, 3.63) is 29.3 Å². The molecule has 0 aliphatic carbocycles. The van der Waals surface area contributed by atoms with Crippen molar-refractivity contribution < 1.29 is 8.42 Å². The first-order valence-corrected chi connectivity index (χ1v) is 8.97. The van der Waals surface area contributed by atoms with Gasteiger partial charge >= 0.3 is 0 Å². The summed E-state index contributed by atoms with van der Waals surface area (Å²) in [5.74, 6) is 0. The fourth-order valence-electron chi connectivity index (χ4n) is 2.95. The number of aryl methyl sites for hydroxylation is 1. The minimum atomic E-state index is -3.53. The molecule has 1 aromatic carbocycles. The van der Waals surface area contributed by atoms with Gasteiger partial charge in [0.1, 0.15) is 0 Å². The van der Waals surface area contributed by atoms with E-state index in [1.54, 1.807) is 23.4 Å². The average Bonchev–Trinajstić information content (AvgIpc) is 2.73. The first-order valence-electron chi connectivity index (χ1n) is 7.53. The fourth-order valence-corrected chi connectivity index (χ4v) is 4.97. The Morgan fingerprint density at radius 3 is 2.76 bits per heavy atom. The van der Waals surface area contributed by atoms with E-state index in [2.05, 4.69) is 0 Å². The maximum Gasteiger partial charge on any atom is 0.243 e. The van der Waals surface area contributed by atoms with Crippen LogP contribution < -0.4 is 0 Å². The summed E-state index contributed by atoms with van der Waals surface area (Å²) in [6.07, 6.45) is 4.83. The predicted molar refractivity (Wildman–Crippen MR) is 82.3 cm³/mol. The van der Waals surface area contributed by atoms with Gasteiger partial charge in [-0.3, -0.25) is 0 Å². The quantitative estimate of drug-likeness (QED) is 0.861. The molecule has 0 bridgehead atoms. The molecule has 0 amide bonds. The van der Waals surface area contributed by atoms with Crippen molar-refractivity contribution in [1.82, 2.24) is 4.31 Å². The normalized spacial score (nSPS) is 20.7. The van der Waals surface area contributed by atoms with Crippen LogP contribution in [0.2, 0.25) is 0 Å². The Morgan fingerprint density at radius 2 is 2.10 bits per heavy atom. The van der Waals surface area contributed by atoms with Crippen LogP contribution in [0.15, 0.2) is 23.1 Å². The SMILES string of the molecule is CCC1CCCCCN1S(=O)(=O)c1cc(C#N)ccc1C. The molecule has 2 rings (SSSR count). The van der Waals surface area contributed by atoms with Gasteiger partial charge in [-0.05, 0) is 43.9 Å². The highest BCUT2D eigenvalue weighted by molar-refractivity contribution is 7.89. The van der Waals surface area contributed by atoms with E-state index in [1.165, 1.54) is 6.07 Å². The Morgan fingerprint density at radius 1 is 1.33 bits per heavy atom. The Bertz CT molecular complexity index is 647. The lowest BCUT2D eigenvalue weighted by molar-refractivity contribution is 0.315. The van der Waals surface area contributed by atoms with E-state index >= 15 is 0 Å². The van der Waals surface area contributed by atoms with Crippen molar-refractivity contribution in [2.24, 2.45) is 0 Å². The van der Waals surface area contributed by atoms with E-state index in [0.717, 1.165) is 32.1 Å². The molecule has 0 N–H and O–H groups in total. The zero-order chi connectivity index (χ0) is 15.5. The van der Waals surface area contributed by atoms with Crippen LogP contribution in [0.25, 0.3) is 0 Å². The van der Waals surface area contributed by atoms with Gasteiger partial charge in [0.25, 0.3) is 0 Å². The van der Waals surface area contributed by atoms with Crippen LogP contribution in [0, 0.1) is 18.3 Å². The van der Waals surface area contributed by atoms with Crippen molar-refractivity contribution in [2.75, 3.05) is 6.54 Å². The molecule has 5 heteroatoms. The van der Waals surface area contributed by atoms with Gasteiger partial charge in [-0.2, -0.15) is 9.57 Å². The molecule has 114 valence electrons. The molecule has 1 unspecified atom stereocenters. The topological polar surface area (TPSA) is 61.2 Å². The van der Waals surface area contributed by atoms with Gasteiger partial charge in [0.15, 0.2) is 0 Å². The minimum absolute atomic E-state index is 0.0719. The Labute approximate surface area is 127 Å². The standard InChI is InChI=1S/C16H22N2O2S/c1-3-15-7-5-4-6-10-18(15)21(19,20)16-11-14(12-17)9-8-13(16)2/h8-9,11,15H,3-7,10H2,1-2H3. The summed E-state index contributed by atoms with van der Waals surface area (Å²) in [5.41, 5.74) is 1.09. The van der Waals surface area contributed by atoms with Crippen LogP contribution in [0.4, 0.5) is 0 Å². The molecule has 1 heterocycles. The van der Waals surface area contributed by atoms with Gasteiger partial charge in [0.05, 0.1) is 16.5 Å². The Balaban J connectivity index is 2.47. The predicted octanol–water partition coefficient (Wildman–Crippen LogP) is 3.21. The largest absolute Gasteiger partial charge is 0.243 e. The molecule has 1 saturated heterocycles. The second-order valence-electron chi connectivity index (χ2n) is 5.62. The summed E-state index contributed by atoms with van der Waals surface area (Å²) < 4.78 is 27.7. The molecule has 0 aromatic heterocycles. The number of sulfonamides is 1. The van der Waals surface area contributed by atoms with Crippen LogP contribution in [0.3, 0.4) is 0 Å². The number of nitriles is 1. The monoisotopic (exact) mass is 306 g/mol. The van der Waals surface area contributed by atoms with Crippen molar-refractivity contribution in [2.45, 2.75) is 56.9 Å². The van der Waals surface area contributed by atoms with Crippen LogP contribution in [0.1, 0.15) is 50.2 Å². The van der Waals surface area contributed by atoms with Crippen molar-refractivity contribution >= 4 is 10.0 Å². The maximum absolute atomic E-state index is 13.0. The van der Waals surface area contributed by atoms with E-state index in [0.29, 0.717) is 17.7 Å². The Kier molecular flexibility index (Phi) is 5.02. The number of nitrogens with zero attached hydrogens (tertiary/aromatic N) is 2. The van der Waals surface area contributed by atoms with Crippen LogP contribution >= 0.6 is 0 Å². The average molecular weight is 306 g/mol. The highest BCUT2D eigenvalue weighted by Gasteiger charge is 2.32. The van der Waals surface area contributed by atoms with Gasteiger partial charge < -0.3 is 0 Å². The molecule has 0 spiro atoms. The molecule has 1 atom stereocenters. The van der Waals surface area contributed by atoms with Gasteiger partial charge in [0.2, 0.25) is 10.0 Å². The van der Waals surface area contributed by atoms with Crippen LogP contribution in [0.5, 0.6) is 0 Å². The molecule has 1 fully saturated rings. The van der Waals surface area contributed by atoms with Gasteiger partial charge in [-0.25, -0.2) is 8.42 Å². The highest BCUT2D eigenvalue weighted by atomic mass is 32.2. The second kappa shape index (κ2) is 6.59. The first kappa shape index (κ1) is 16.0. The van der Waals surface area contributed by atoms with E-state index in [4.69, 9.17) is 5.26 Å².